The Labute approximate surface area is 132 Å². The summed E-state index contributed by atoms with van der Waals surface area (Å²) in [6.07, 6.45) is 0. The van der Waals surface area contributed by atoms with Crippen molar-refractivity contribution in [2.24, 2.45) is 0 Å². The van der Waals surface area contributed by atoms with E-state index in [4.69, 9.17) is 4.74 Å². The van der Waals surface area contributed by atoms with Gasteiger partial charge in [-0.15, -0.1) is 0 Å². The van der Waals surface area contributed by atoms with Crippen molar-refractivity contribution in [3.63, 3.8) is 0 Å². The van der Waals surface area contributed by atoms with Crippen LogP contribution in [-0.2, 0) is 0 Å². The molecule has 3 aromatic carbocycles. The van der Waals surface area contributed by atoms with Gasteiger partial charge in [-0.2, -0.15) is 0 Å². The van der Waals surface area contributed by atoms with E-state index in [-0.39, 0.29) is 5.54 Å². The SMILES string of the molecule is CCOc1c(NC(C)(C)C)c2ccccc2c2ccccc12. The number of hydrogen-bond donors (Lipinski definition) is 1. The molecule has 22 heavy (non-hydrogen) atoms. The van der Waals surface area contributed by atoms with E-state index in [1.54, 1.807) is 0 Å². The predicted molar refractivity (Wildman–Crippen MR) is 96.0 cm³/mol. The van der Waals surface area contributed by atoms with E-state index < -0.39 is 0 Å². The molecule has 2 heteroatoms. The second-order valence-electron chi connectivity index (χ2n) is 6.60. The molecule has 0 radical (unpaired) electrons. The Morgan fingerprint density at radius 1 is 0.818 bits per heavy atom. The summed E-state index contributed by atoms with van der Waals surface area (Å²) in [7, 11) is 0. The first-order valence-electron chi connectivity index (χ1n) is 7.85. The van der Waals surface area contributed by atoms with Crippen LogP contribution in [0.4, 0.5) is 5.69 Å². The molecule has 0 unspecified atom stereocenters. The minimum atomic E-state index is -0.0307. The van der Waals surface area contributed by atoms with E-state index in [1.165, 1.54) is 16.2 Å². The van der Waals surface area contributed by atoms with Crippen LogP contribution in [0.3, 0.4) is 0 Å². The molecule has 0 aliphatic heterocycles. The van der Waals surface area contributed by atoms with Crippen LogP contribution in [0.5, 0.6) is 5.75 Å². The molecule has 3 rings (SSSR count). The van der Waals surface area contributed by atoms with Gasteiger partial charge in [-0.25, -0.2) is 0 Å². The second-order valence-corrected chi connectivity index (χ2v) is 6.60. The van der Waals surface area contributed by atoms with Crippen LogP contribution in [0.15, 0.2) is 48.5 Å². The van der Waals surface area contributed by atoms with Gasteiger partial charge in [0.15, 0.2) is 5.75 Å². The molecular formula is C20H23NO. The average molecular weight is 293 g/mol. The largest absolute Gasteiger partial charge is 0.491 e. The molecule has 2 nitrogen and oxygen atoms in total. The van der Waals surface area contributed by atoms with Crippen LogP contribution in [0, 0.1) is 0 Å². The fourth-order valence-corrected chi connectivity index (χ4v) is 2.90. The van der Waals surface area contributed by atoms with Crippen molar-refractivity contribution in [1.29, 1.82) is 0 Å². The van der Waals surface area contributed by atoms with Crippen LogP contribution in [-0.4, -0.2) is 12.1 Å². The van der Waals surface area contributed by atoms with E-state index in [0.29, 0.717) is 6.61 Å². The van der Waals surface area contributed by atoms with Crippen LogP contribution in [0.2, 0.25) is 0 Å². The smallest absolute Gasteiger partial charge is 0.150 e. The lowest BCUT2D eigenvalue weighted by Gasteiger charge is -2.26. The van der Waals surface area contributed by atoms with Crippen molar-refractivity contribution in [2.75, 3.05) is 11.9 Å². The molecule has 0 saturated heterocycles. The lowest BCUT2D eigenvalue weighted by molar-refractivity contribution is 0.345. The van der Waals surface area contributed by atoms with E-state index in [9.17, 15) is 0 Å². The van der Waals surface area contributed by atoms with E-state index >= 15 is 0 Å². The molecule has 0 aliphatic rings. The summed E-state index contributed by atoms with van der Waals surface area (Å²) in [4.78, 5) is 0. The Morgan fingerprint density at radius 2 is 1.32 bits per heavy atom. The Morgan fingerprint density at radius 3 is 1.86 bits per heavy atom. The van der Waals surface area contributed by atoms with Crippen LogP contribution >= 0.6 is 0 Å². The first kappa shape index (κ1) is 14.7. The van der Waals surface area contributed by atoms with E-state index in [2.05, 4.69) is 74.6 Å². The lowest BCUT2D eigenvalue weighted by Crippen LogP contribution is -2.26. The summed E-state index contributed by atoms with van der Waals surface area (Å²) >= 11 is 0. The molecule has 0 aliphatic carbocycles. The van der Waals surface area contributed by atoms with Gasteiger partial charge in [0.2, 0.25) is 0 Å². The highest BCUT2D eigenvalue weighted by atomic mass is 16.5. The highest BCUT2D eigenvalue weighted by Gasteiger charge is 2.19. The van der Waals surface area contributed by atoms with Crippen molar-refractivity contribution >= 4 is 27.2 Å². The molecular weight excluding hydrogens is 270 g/mol. The number of anilines is 1. The topological polar surface area (TPSA) is 21.3 Å². The van der Waals surface area contributed by atoms with Gasteiger partial charge in [-0.1, -0.05) is 48.5 Å². The number of hydrogen-bond acceptors (Lipinski definition) is 2. The summed E-state index contributed by atoms with van der Waals surface area (Å²) in [5.41, 5.74) is 1.06. The maximum Gasteiger partial charge on any atom is 0.150 e. The summed E-state index contributed by atoms with van der Waals surface area (Å²) in [6, 6.07) is 17.0. The molecule has 0 atom stereocenters. The van der Waals surface area contributed by atoms with Crippen molar-refractivity contribution in [1.82, 2.24) is 0 Å². The van der Waals surface area contributed by atoms with Gasteiger partial charge >= 0.3 is 0 Å². The number of fused-ring (bicyclic) bond motifs is 3. The van der Waals surface area contributed by atoms with Gasteiger partial charge in [-0.3, -0.25) is 0 Å². The van der Waals surface area contributed by atoms with Crippen molar-refractivity contribution in [3.05, 3.63) is 48.5 Å². The van der Waals surface area contributed by atoms with E-state index in [1.807, 2.05) is 6.92 Å². The maximum atomic E-state index is 6.04. The minimum Gasteiger partial charge on any atom is -0.491 e. The summed E-state index contributed by atoms with van der Waals surface area (Å²) in [5, 5.41) is 8.51. The molecule has 3 aromatic rings. The van der Waals surface area contributed by atoms with Gasteiger partial charge in [0.05, 0.1) is 12.3 Å². The fraction of sp³-hybridized carbons (Fsp3) is 0.300. The zero-order valence-corrected chi connectivity index (χ0v) is 13.7. The molecule has 0 amide bonds. The summed E-state index contributed by atoms with van der Waals surface area (Å²) in [5.74, 6) is 0.951. The quantitative estimate of drug-likeness (QED) is 0.634. The third-order valence-corrected chi connectivity index (χ3v) is 3.67. The van der Waals surface area contributed by atoms with Crippen molar-refractivity contribution in [3.8, 4) is 5.75 Å². The lowest BCUT2D eigenvalue weighted by atomic mass is 9.97. The molecule has 0 spiro atoms. The standard InChI is InChI=1S/C20H23NO/c1-5-22-19-17-13-9-7-11-15(17)14-10-6-8-12-16(14)18(19)21-20(2,3)4/h6-13,21H,5H2,1-4H3. The molecule has 0 heterocycles. The fourth-order valence-electron chi connectivity index (χ4n) is 2.90. The number of rotatable bonds is 3. The highest BCUT2D eigenvalue weighted by molar-refractivity contribution is 6.16. The zero-order valence-electron chi connectivity index (χ0n) is 13.7. The summed E-state index contributed by atoms with van der Waals surface area (Å²) < 4.78 is 6.04. The number of nitrogens with one attached hydrogen (secondary N) is 1. The molecule has 0 bridgehead atoms. The molecule has 0 saturated carbocycles. The van der Waals surface area contributed by atoms with Gasteiger partial charge in [-0.05, 0) is 38.5 Å². The van der Waals surface area contributed by atoms with E-state index in [0.717, 1.165) is 16.8 Å². The highest BCUT2D eigenvalue weighted by Crippen LogP contribution is 2.42. The Hall–Kier alpha value is -2.22. The first-order valence-corrected chi connectivity index (χ1v) is 7.85. The molecule has 1 N–H and O–H groups in total. The predicted octanol–water partition coefficient (Wildman–Crippen LogP) is 5.60. The van der Waals surface area contributed by atoms with Gasteiger partial charge in [0, 0.05) is 16.3 Å². The third kappa shape index (κ3) is 2.61. The van der Waals surface area contributed by atoms with Gasteiger partial charge in [0.25, 0.3) is 0 Å². The third-order valence-electron chi connectivity index (χ3n) is 3.67. The molecule has 0 fully saturated rings. The number of benzene rings is 3. The zero-order chi connectivity index (χ0) is 15.7. The maximum absolute atomic E-state index is 6.04. The molecule has 0 aromatic heterocycles. The Kier molecular flexibility index (Phi) is 3.69. The Bertz CT molecular complexity index is 815. The average Bonchev–Trinajstić information content (AvgIpc) is 2.49. The van der Waals surface area contributed by atoms with Gasteiger partial charge in [0.1, 0.15) is 0 Å². The first-order chi connectivity index (χ1) is 10.5. The molecule has 114 valence electrons. The second kappa shape index (κ2) is 5.53. The summed E-state index contributed by atoms with van der Waals surface area (Å²) in [6.45, 7) is 9.21. The number of ether oxygens (including phenoxy) is 1. The van der Waals surface area contributed by atoms with Crippen LogP contribution < -0.4 is 10.1 Å². The van der Waals surface area contributed by atoms with Crippen LogP contribution in [0.25, 0.3) is 21.5 Å². The van der Waals surface area contributed by atoms with Crippen molar-refractivity contribution in [2.45, 2.75) is 33.2 Å². The minimum absolute atomic E-state index is 0.0307. The Balaban J connectivity index is 2.44. The normalized spacial score (nSPS) is 11.8. The monoisotopic (exact) mass is 293 g/mol. The van der Waals surface area contributed by atoms with Crippen molar-refractivity contribution < 1.29 is 4.74 Å². The van der Waals surface area contributed by atoms with Gasteiger partial charge < -0.3 is 10.1 Å². The van der Waals surface area contributed by atoms with Crippen LogP contribution in [0.1, 0.15) is 27.7 Å².